The molecule has 0 bridgehead atoms. The summed E-state index contributed by atoms with van der Waals surface area (Å²) in [6, 6.07) is 0. The highest BCUT2D eigenvalue weighted by atomic mass is 35.5. The van der Waals surface area contributed by atoms with E-state index in [2.05, 4.69) is 11.8 Å². The van der Waals surface area contributed by atoms with Gasteiger partial charge in [0.2, 0.25) is 0 Å². The van der Waals surface area contributed by atoms with E-state index >= 15 is 0 Å². The first kappa shape index (κ1) is 14.7. The number of hydrogen-bond donors (Lipinski definition) is 0. The van der Waals surface area contributed by atoms with Gasteiger partial charge in [-0.25, -0.2) is 0 Å². The highest BCUT2D eigenvalue weighted by molar-refractivity contribution is 6.20. The molecule has 18 heavy (non-hydrogen) atoms. The third-order valence-electron chi connectivity index (χ3n) is 5.12. The Labute approximate surface area is 118 Å². The lowest BCUT2D eigenvalue weighted by molar-refractivity contribution is 0.0974. The second-order valence-electron chi connectivity index (χ2n) is 6.60. The zero-order chi connectivity index (χ0) is 12.8. The van der Waals surface area contributed by atoms with Gasteiger partial charge in [0.1, 0.15) is 0 Å². The Hall–Kier alpha value is 0.250. The van der Waals surface area contributed by atoms with Crippen LogP contribution < -0.4 is 0 Å². The van der Waals surface area contributed by atoms with Gasteiger partial charge in [0.05, 0.1) is 0 Å². The molecule has 2 fully saturated rings. The summed E-state index contributed by atoms with van der Waals surface area (Å²) >= 11 is 6.14. The van der Waals surface area contributed by atoms with Gasteiger partial charge >= 0.3 is 0 Å². The SMILES string of the molecule is CCCCC1(CCCCN2CCC(Cl)C2)CCC1. The lowest BCUT2D eigenvalue weighted by Crippen LogP contribution is -2.29. The standard InChI is InChI=1S/C16H30ClN/c1-2-3-8-16(10-6-11-16)9-4-5-12-18-13-7-15(17)14-18/h15H,2-14H2,1H3. The topological polar surface area (TPSA) is 3.24 Å². The van der Waals surface area contributed by atoms with Crippen molar-refractivity contribution < 1.29 is 0 Å². The Morgan fingerprint density at radius 3 is 2.50 bits per heavy atom. The summed E-state index contributed by atoms with van der Waals surface area (Å²) in [5, 5.41) is 0.424. The third kappa shape index (κ3) is 4.13. The fourth-order valence-electron chi connectivity index (χ4n) is 3.68. The second kappa shape index (κ2) is 7.14. The zero-order valence-corrected chi connectivity index (χ0v) is 12.9. The maximum atomic E-state index is 6.14. The van der Waals surface area contributed by atoms with Gasteiger partial charge in [-0.2, -0.15) is 0 Å². The third-order valence-corrected chi connectivity index (χ3v) is 5.48. The van der Waals surface area contributed by atoms with Gasteiger partial charge in [-0.05, 0) is 57.0 Å². The molecule has 1 heterocycles. The fourth-order valence-corrected chi connectivity index (χ4v) is 3.97. The van der Waals surface area contributed by atoms with E-state index in [9.17, 15) is 0 Å². The van der Waals surface area contributed by atoms with E-state index in [0.29, 0.717) is 5.38 Å². The molecule has 106 valence electrons. The second-order valence-corrected chi connectivity index (χ2v) is 7.22. The predicted molar refractivity (Wildman–Crippen MR) is 80.4 cm³/mol. The van der Waals surface area contributed by atoms with Crippen molar-refractivity contribution in [3.63, 3.8) is 0 Å². The van der Waals surface area contributed by atoms with Crippen molar-refractivity contribution in [1.82, 2.24) is 4.90 Å². The summed E-state index contributed by atoms with van der Waals surface area (Å²) in [6.07, 6.45) is 14.3. The molecule has 1 nitrogen and oxygen atoms in total. The minimum atomic E-state index is 0.424. The number of hydrogen-bond acceptors (Lipinski definition) is 1. The average Bonchev–Trinajstić information content (AvgIpc) is 2.72. The maximum Gasteiger partial charge on any atom is 0.0475 e. The zero-order valence-electron chi connectivity index (χ0n) is 12.1. The quantitative estimate of drug-likeness (QED) is 0.451. The highest BCUT2D eigenvalue weighted by Gasteiger charge is 2.35. The molecule has 1 aliphatic heterocycles. The van der Waals surface area contributed by atoms with E-state index in [1.165, 1.54) is 77.3 Å². The Kier molecular flexibility index (Phi) is 5.82. The first-order valence-corrected chi connectivity index (χ1v) is 8.54. The molecule has 0 spiro atoms. The lowest BCUT2D eigenvalue weighted by Gasteiger charge is -2.42. The van der Waals surface area contributed by atoms with Crippen molar-refractivity contribution in [2.75, 3.05) is 19.6 Å². The molecule has 1 saturated heterocycles. The van der Waals surface area contributed by atoms with E-state index in [4.69, 9.17) is 11.6 Å². The molecule has 2 rings (SSSR count). The highest BCUT2D eigenvalue weighted by Crippen LogP contribution is 2.48. The van der Waals surface area contributed by atoms with Crippen molar-refractivity contribution >= 4 is 11.6 Å². The molecule has 1 unspecified atom stereocenters. The van der Waals surface area contributed by atoms with Gasteiger partial charge < -0.3 is 4.90 Å². The molecule has 0 radical (unpaired) electrons. The van der Waals surface area contributed by atoms with Crippen LogP contribution in [0.4, 0.5) is 0 Å². The number of likely N-dealkylation sites (tertiary alicyclic amines) is 1. The van der Waals surface area contributed by atoms with Crippen LogP contribution in [0.25, 0.3) is 0 Å². The minimum Gasteiger partial charge on any atom is -0.302 e. The van der Waals surface area contributed by atoms with E-state index in [1.54, 1.807) is 0 Å². The van der Waals surface area contributed by atoms with Crippen molar-refractivity contribution in [1.29, 1.82) is 0 Å². The monoisotopic (exact) mass is 271 g/mol. The largest absolute Gasteiger partial charge is 0.302 e. The summed E-state index contributed by atoms with van der Waals surface area (Å²) in [5.74, 6) is 0. The number of unbranched alkanes of at least 4 members (excludes halogenated alkanes) is 2. The smallest absolute Gasteiger partial charge is 0.0475 e. The van der Waals surface area contributed by atoms with Crippen LogP contribution in [0, 0.1) is 5.41 Å². The number of alkyl halides is 1. The van der Waals surface area contributed by atoms with E-state index < -0.39 is 0 Å². The molecule has 1 saturated carbocycles. The maximum absolute atomic E-state index is 6.14. The fraction of sp³-hybridized carbons (Fsp3) is 1.00. The lowest BCUT2D eigenvalue weighted by atomic mass is 9.63. The molecular formula is C16H30ClN. The van der Waals surface area contributed by atoms with Crippen molar-refractivity contribution in [2.45, 2.75) is 76.5 Å². The number of nitrogens with zero attached hydrogens (tertiary/aromatic N) is 1. The molecule has 0 aromatic rings. The van der Waals surface area contributed by atoms with Crippen molar-refractivity contribution in [3.8, 4) is 0 Å². The van der Waals surface area contributed by atoms with Crippen molar-refractivity contribution in [3.05, 3.63) is 0 Å². The molecule has 1 atom stereocenters. The normalized spacial score (nSPS) is 27.3. The van der Waals surface area contributed by atoms with Crippen LogP contribution in [0.5, 0.6) is 0 Å². The van der Waals surface area contributed by atoms with Crippen LogP contribution in [0.3, 0.4) is 0 Å². The minimum absolute atomic E-state index is 0.424. The van der Waals surface area contributed by atoms with E-state index in [-0.39, 0.29) is 0 Å². The van der Waals surface area contributed by atoms with Crippen LogP contribution >= 0.6 is 11.6 Å². The van der Waals surface area contributed by atoms with Crippen LogP contribution in [0.1, 0.15) is 71.1 Å². The molecule has 0 amide bonds. The molecule has 2 aliphatic rings. The predicted octanol–water partition coefficient (Wildman–Crippen LogP) is 4.83. The Balaban J connectivity index is 1.56. The van der Waals surface area contributed by atoms with Crippen LogP contribution in [0.2, 0.25) is 0 Å². The van der Waals surface area contributed by atoms with Gasteiger partial charge in [0, 0.05) is 11.9 Å². The van der Waals surface area contributed by atoms with E-state index in [1.807, 2.05) is 0 Å². The Morgan fingerprint density at radius 1 is 1.17 bits per heavy atom. The summed E-state index contributed by atoms with van der Waals surface area (Å²) in [7, 11) is 0. The van der Waals surface area contributed by atoms with Crippen LogP contribution in [-0.2, 0) is 0 Å². The van der Waals surface area contributed by atoms with Crippen LogP contribution in [0.15, 0.2) is 0 Å². The molecule has 1 aliphatic carbocycles. The summed E-state index contributed by atoms with van der Waals surface area (Å²) in [4.78, 5) is 2.55. The van der Waals surface area contributed by atoms with Gasteiger partial charge in [0.25, 0.3) is 0 Å². The number of halogens is 1. The van der Waals surface area contributed by atoms with Gasteiger partial charge in [0.15, 0.2) is 0 Å². The molecule has 0 aromatic heterocycles. The first-order valence-electron chi connectivity index (χ1n) is 8.10. The molecular weight excluding hydrogens is 242 g/mol. The average molecular weight is 272 g/mol. The van der Waals surface area contributed by atoms with Crippen molar-refractivity contribution in [2.24, 2.45) is 5.41 Å². The Morgan fingerprint density at radius 2 is 1.94 bits per heavy atom. The molecule has 0 N–H and O–H groups in total. The molecule has 2 heteroatoms. The molecule has 0 aromatic carbocycles. The summed E-state index contributed by atoms with van der Waals surface area (Å²) in [6.45, 7) is 5.97. The Bertz CT molecular complexity index is 237. The summed E-state index contributed by atoms with van der Waals surface area (Å²) < 4.78 is 0. The van der Waals surface area contributed by atoms with Crippen LogP contribution in [-0.4, -0.2) is 29.9 Å². The van der Waals surface area contributed by atoms with Gasteiger partial charge in [-0.3, -0.25) is 0 Å². The van der Waals surface area contributed by atoms with E-state index in [0.717, 1.165) is 12.0 Å². The van der Waals surface area contributed by atoms with Gasteiger partial charge in [-0.15, -0.1) is 11.6 Å². The first-order chi connectivity index (χ1) is 8.74. The summed E-state index contributed by atoms with van der Waals surface area (Å²) in [5.41, 5.74) is 0.774. The number of rotatable bonds is 8. The van der Waals surface area contributed by atoms with Gasteiger partial charge in [-0.1, -0.05) is 32.6 Å².